The van der Waals surface area contributed by atoms with E-state index < -0.39 is 0 Å². The maximum absolute atomic E-state index is 11.1. The molecule has 4 nitrogen and oxygen atoms in total. The van der Waals surface area contributed by atoms with Gasteiger partial charge in [-0.15, -0.1) is 0 Å². The van der Waals surface area contributed by atoms with Crippen molar-refractivity contribution in [3.05, 3.63) is 69.4 Å². The lowest BCUT2D eigenvalue weighted by atomic mass is 10.00. The van der Waals surface area contributed by atoms with Crippen LogP contribution in [0.2, 0.25) is 10.0 Å². The Morgan fingerprint density at radius 1 is 1.15 bits per heavy atom. The summed E-state index contributed by atoms with van der Waals surface area (Å²) in [4.78, 5) is 11.1. The Kier molecular flexibility index (Phi) is 5.78. The molecule has 0 aliphatic heterocycles. The molecule has 1 N–H and O–H groups in total. The Bertz CT molecular complexity index is 969. The predicted molar refractivity (Wildman–Crippen MR) is 106 cm³/mol. The largest absolute Gasteiger partial charge is 0.507 e. The zero-order valence-electron chi connectivity index (χ0n) is 14.9. The van der Waals surface area contributed by atoms with Crippen LogP contribution in [0.5, 0.6) is 11.5 Å². The number of halogens is 2. The van der Waals surface area contributed by atoms with E-state index in [2.05, 4.69) is 0 Å². The molecule has 0 bridgehead atoms. The minimum Gasteiger partial charge on any atom is -0.507 e. The molecule has 27 heavy (non-hydrogen) atoms. The molecule has 0 amide bonds. The van der Waals surface area contributed by atoms with Gasteiger partial charge in [0, 0.05) is 16.5 Å². The number of aryl methyl sites for hydroxylation is 1. The van der Waals surface area contributed by atoms with Gasteiger partial charge in [-0.05, 0) is 60.9 Å². The summed E-state index contributed by atoms with van der Waals surface area (Å²) in [5.41, 5.74) is 3.20. The molecule has 3 rings (SSSR count). The number of hydrogen-bond acceptors (Lipinski definition) is 4. The van der Waals surface area contributed by atoms with Crippen LogP contribution >= 0.6 is 23.2 Å². The van der Waals surface area contributed by atoms with Gasteiger partial charge in [0.1, 0.15) is 23.9 Å². The first-order valence-corrected chi connectivity index (χ1v) is 9.07. The van der Waals surface area contributed by atoms with Crippen molar-refractivity contribution in [3.8, 4) is 22.8 Å². The quantitative estimate of drug-likeness (QED) is 0.561. The van der Waals surface area contributed by atoms with Gasteiger partial charge < -0.3 is 14.3 Å². The van der Waals surface area contributed by atoms with Gasteiger partial charge in [-0.1, -0.05) is 29.3 Å². The molecule has 6 heteroatoms. The summed E-state index contributed by atoms with van der Waals surface area (Å²) >= 11 is 12.8. The average Bonchev–Trinajstić information content (AvgIpc) is 3.03. The van der Waals surface area contributed by atoms with Crippen LogP contribution in [0.15, 0.2) is 47.1 Å². The highest BCUT2D eigenvalue weighted by Crippen LogP contribution is 2.36. The zero-order valence-corrected chi connectivity index (χ0v) is 16.4. The Balaban J connectivity index is 1.89. The van der Waals surface area contributed by atoms with Crippen molar-refractivity contribution in [2.24, 2.45) is 0 Å². The van der Waals surface area contributed by atoms with E-state index in [-0.39, 0.29) is 18.1 Å². The second-order valence-electron chi connectivity index (χ2n) is 6.32. The van der Waals surface area contributed by atoms with Crippen LogP contribution in [0.1, 0.15) is 23.6 Å². The number of ether oxygens (including phenoxy) is 1. The van der Waals surface area contributed by atoms with Crippen LogP contribution in [0.25, 0.3) is 11.3 Å². The highest BCUT2D eigenvalue weighted by Gasteiger charge is 2.14. The first-order valence-electron chi connectivity index (χ1n) is 8.31. The van der Waals surface area contributed by atoms with Crippen molar-refractivity contribution in [2.45, 2.75) is 20.3 Å². The number of phenolic OH excluding ortho intramolecular Hbond substituents is 1. The number of ketones is 1. The van der Waals surface area contributed by atoms with Crippen LogP contribution < -0.4 is 4.74 Å². The minimum atomic E-state index is -0.0869. The SMILES string of the molecule is CC(=O)COc1cc(Cl)c(Cc2ccc(O)c(-c3occc3C)c2)c(Cl)c1. The summed E-state index contributed by atoms with van der Waals surface area (Å²) in [5.74, 6) is 1.12. The molecule has 0 saturated heterocycles. The fourth-order valence-electron chi connectivity index (χ4n) is 2.74. The molecule has 0 saturated carbocycles. The van der Waals surface area contributed by atoms with Crippen molar-refractivity contribution < 1.29 is 19.1 Å². The molecule has 0 aliphatic rings. The van der Waals surface area contributed by atoms with Crippen LogP contribution in [-0.4, -0.2) is 17.5 Å². The third kappa shape index (κ3) is 4.46. The molecule has 0 atom stereocenters. The highest BCUT2D eigenvalue weighted by molar-refractivity contribution is 6.36. The lowest BCUT2D eigenvalue weighted by Gasteiger charge is -2.12. The van der Waals surface area contributed by atoms with Gasteiger partial charge in [0.15, 0.2) is 5.78 Å². The molecule has 0 fully saturated rings. The topological polar surface area (TPSA) is 59.7 Å². The molecule has 140 valence electrons. The summed E-state index contributed by atoms with van der Waals surface area (Å²) < 4.78 is 10.9. The number of furan rings is 1. The third-order valence-electron chi connectivity index (χ3n) is 4.11. The third-order valence-corrected chi connectivity index (χ3v) is 4.78. The van der Waals surface area contributed by atoms with Crippen molar-refractivity contribution in [2.75, 3.05) is 6.61 Å². The molecule has 3 aromatic rings. The van der Waals surface area contributed by atoms with Gasteiger partial charge in [-0.3, -0.25) is 4.79 Å². The highest BCUT2D eigenvalue weighted by atomic mass is 35.5. The van der Waals surface area contributed by atoms with E-state index in [0.717, 1.165) is 16.7 Å². The smallest absolute Gasteiger partial charge is 0.167 e. The van der Waals surface area contributed by atoms with Crippen LogP contribution in [0.3, 0.4) is 0 Å². The van der Waals surface area contributed by atoms with Crippen molar-refractivity contribution >= 4 is 29.0 Å². The monoisotopic (exact) mass is 404 g/mol. The Hall–Kier alpha value is -2.43. The summed E-state index contributed by atoms with van der Waals surface area (Å²) in [6.07, 6.45) is 2.06. The predicted octanol–water partition coefficient (Wildman–Crippen LogP) is 5.83. The Morgan fingerprint density at radius 3 is 2.44 bits per heavy atom. The first-order chi connectivity index (χ1) is 12.8. The van der Waals surface area contributed by atoms with Crippen molar-refractivity contribution in [3.63, 3.8) is 0 Å². The molecule has 1 heterocycles. The van der Waals surface area contributed by atoms with Crippen molar-refractivity contribution in [1.82, 2.24) is 0 Å². The number of carbonyl (C=O) groups excluding carboxylic acids is 1. The number of rotatable bonds is 6. The number of carbonyl (C=O) groups is 1. The van der Waals surface area contributed by atoms with Crippen LogP contribution in [0.4, 0.5) is 0 Å². The molecule has 0 aliphatic carbocycles. The zero-order chi connectivity index (χ0) is 19.6. The summed E-state index contributed by atoms with van der Waals surface area (Å²) in [5, 5.41) is 11.1. The minimum absolute atomic E-state index is 0.0319. The lowest BCUT2D eigenvalue weighted by Crippen LogP contribution is -2.06. The number of phenols is 1. The van der Waals surface area contributed by atoms with E-state index >= 15 is 0 Å². The number of benzene rings is 2. The Morgan fingerprint density at radius 2 is 1.85 bits per heavy atom. The molecular formula is C21H18Cl2O4. The van der Waals surface area contributed by atoms with E-state index in [4.69, 9.17) is 32.4 Å². The summed E-state index contributed by atoms with van der Waals surface area (Å²) in [6.45, 7) is 3.33. The number of hydrogen-bond donors (Lipinski definition) is 1. The van der Waals surface area contributed by atoms with Gasteiger partial charge in [-0.25, -0.2) is 0 Å². The maximum atomic E-state index is 11.1. The van der Waals surface area contributed by atoms with Crippen molar-refractivity contribution in [1.29, 1.82) is 0 Å². The van der Waals surface area contributed by atoms with Gasteiger partial charge in [0.25, 0.3) is 0 Å². The second kappa shape index (κ2) is 8.07. The lowest BCUT2D eigenvalue weighted by molar-refractivity contribution is -0.118. The van der Waals surface area contributed by atoms with E-state index in [1.807, 2.05) is 25.1 Å². The molecule has 0 unspecified atom stereocenters. The fourth-order valence-corrected chi connectivity index (χ4v) is 3.35. The number of Topliss-reactive ketones (excluding diaryl/α,β-unsaturated/α-hetero) is 1. The van der Waals surface area contributed by atoms with Gasteiger partial charge in [0.2, 0.25) is 0 Å². The standard InChI is InChI=1S/C21H18Cl2O4/c1-12-5-6-26-21(12)17-8-14(3-4-20(17)25)7-16-18(22)9-15(10-19(16)23)27-11-13(2)24/h3-6,8-10,25H,7,11H2,1-2H3. The average molecular weight is 405 g/mol. The van der Waals surface area contributed by atoms with E-state index in [9.17, 15) is 9.90 Å². The fraction of sp³-hybridized carbons (Fsp3) is 0.190. The van der Waals surface area contributed by atoms with Gasteiger partial charge >= 0.3 is 0 Å². The molecule has 1 aromatic heterocycles. The molecule has 2 aromatic carbocycles. The second-order valence-corrected chi connectivity index (χ2v) is 7.13. The van der Waals surface area contributed by atoms with Crippen LogP contribution in [0, 0.1) is 6.92 Å². The summed E-state index contributed by atoms with van der Waals surface area (Å²) in [7, 11) is 0. The normalized spacial score (nSPS) is 10.8. The van der Waals surface area contributed by atoms with Gasteiger partial charge in [0.05, 0.1) is 11.8 Å². The molecule has 0 spiro atoms. The first kappa shape index (κ1) is 19.3. The Labute approximate surface area is 167 Å². The maximum Gasteiger partial charge on any atom is 0.167 e. The molecule has 0 radical (unpaired) electrons. The molecular weight excluding hydrogens is 387 g/mol. The van der Waals surface area contributed by atoms with E-state index in [1.54, 1.807) is 24.5 Å². The van der Waals surface area contributed by atoms with Crippen LogP contribution in [-0.2, 0) is 11.2 Å². The van der Waals surface area contributed by atoms with E-state index in [1.165, 1.54) is 6.92 Å². The van der Waals surface area contributed by atoms with E-state index in [0.29, 0.717) is 33.5 Å². The van der Waals surface area contributed by atoms with Gasteiger partial charge in [-0.2, -0.15) is 0 Å². The number of aromatic hydroxyl groups is 1. The summed E-state index contributed by atoms with van der Waals surface area (Å²) in [6, 6.07) is 10.4.